The van der Waals surface area contributed by atoms with Gasteiger partial charge in [-0.1, -0.05) is 6.07 Å². The molecule has 1 aliphatic rings. The molecule has 2 aromatic rings. The third-order valence-electron chi connectivity index (χ3n) is 4.13. The number of ether oxygens (including phenoxy) is 2. The van der Waals surface area contributed by atoms with Crippen molar-refractivity contribution in [3.63, 3.8) is 0 Å². The molecule has 0 saturated carbocycles. The Morgan fingerprint density at radius 3 is 2.96 bits per heavy atom. The fourth-order valence-electron chi connectivity index (χ4n) is 3.02. The molecule has 2 heterocycles. The van der Waals surface area contributed by atoms with Gasteiger partial charge in [0.2, 0.25) is 0 Å². The van der Waals surface area contributed by atoms with Crippen molar-refractivity contribution in [3.8, 4) is 5.75 Å². The maximum Gasteiger partial charge on any atom is 0.165 e. The van der Waals surface area contributed by atoms with Crippen molar-refractivity contribution in [3.05, 3.63) is 41.7 Å². The number of halogens is 1. The molecule has 0 spiro atoms. The summed E-state index contributed by atoms with van der Waals surface area (Å²) in [5, 5.41) is 6.85. The summed E-state index contributed by atoms with van der Waals surface area (Å²) in [5.74, 6) is 0.776. The van der Waals surface area contributed by atoms with Crippen LogP contribution in [0.2, 0.25) is 0 Å². The molecule has 0 aliphatic carbocycles. The number of likely N-dealkylation sites (tertiary alicyclic amines) is 1. The SMILES string of the molecule is CCOc1ccc(CN2C[C@H](OC)C[C@H]2c2ncn[nH]2)cc1F. The Morgan fingerprint density at radius 2 is 2.30 bits per heavy atom. The Balaban J connectivity index is 1.76. The van der Waals surface area contributed by atoms with Crippen LogP contribution in [0.3, 0.4) is 0 Å². The van der Waals surface area contributed by atoms with Gasteiger partial charge in [0.05, 0.1) is 18.8 Å². The van der Waals surface area contributed by atoms with Gasteiger partial charge in [0.25, 0.3) is 0 Å². The van der Waals surface area contributed by atoms with Crippen LogP contribution in [0, 0.1) is 5.82 Å². The predicted molar refractivity (Wildman–Crippen MR) is 82.5 cm³/mol. The van der Waals surface area contributed by atoms with E-state index in [4.69, 9.17) is 9.47 Å². The first-order chi connectivity index (χ1) is 11.2. The number of nitrogens with zero attached hydrogens (tertiary/aromatic N) is 3. The zero-order chi connectivity index (χ0) is 16.2. The van der Waals surface area contributed by atoms with Gasteiger partial charge in [-0.25, -0.2) is 9.37 Å². The number of hydrogen-bond donors (Lipinski definition) is 1. The molecule has 1 aromatic heterocycles. The smallest absolute Gasteiger partial charge is 0.165 e. The minimum atomic E-state index is -0.331. The monoisotopic (exact) mass is 320 g/mol. The Morgan fingerprint density at radius 1 is 1.43 bits per heavy atom. The summed E-state index contributed by atoms with van der Waals surface area (Å²) in [4.78, 5) is 6.48. The van der Waals surface area contributed by atoms with E-state index in [9.17, 15) is 4.39 Å². The first kappa shape index (κ1) is 15.9. The van der Waals surface area contributed by atoms with Crippen molar-refractivity contribution in [1.82, 2.24) is 20.1 Å². The van der Waals surface area contributed by atoms with Gasteiger partial charge in [0, 0.05) is 20.2 Å². The zero-order valence-electron chi connectivity index (χ0n) is 13.3. The second-order valence-corrected chi connectivity index (χ2v) is 5.61. The van der Waals surface area contributed by atoms with E-state index in [0.29, 0.717) is 18.9 Å². The van der Waals surface area contributed by atoms with Gasteiger partial charge in [-0.05, 0) is 31.0 Å². The number of aromatic nitrogens is 3. The van der Waals surface area contributed by atoms with Crippen molar-refractivity contribution >= 4 is 0 Å². The third-order valence-corrected chi connectivity index (χ3v) is 4.13. The molecule has 0 amide bonds. The molecular weight excluding hydrogens is 299 g/mol. The third kappa shape index (κ3) is 3.51. The Bertz CT molecular complexity index is 635. The lowest BCUT2D eigenvalue weighted by Crippen LogP contribution is -2.25. The molecule has 3 rings (SSSR count). The quantitative estimate of drug-likeness (QED) is 0.885. The van der Waals surface area contributed by atoms with Crippen LogP contribution in [0.15, 0.2) is 24.5 Å². The lowest BCUT2D eigenvalue weighted by molar-refractivity contribution is 0.107. The van der Waals surface area contributed by atoms with Crippen LogP contribution in [0.1, 0.15) is 30.8 Å². The van der Waals surface area contributed by atoms with Crippen molar-refractivity contribution in [2.24, 2.45) is 0 Å². The molecule has 1 aliphatic heterocycles. The second-order valence-electron chi connectivity index (χ2n) is 5.61. The standard InChI is InChI=1S/C16H21FN4O2/c1-3-23-15-5-4-11(6-13(15)17)8-21-9-12(22-2)7-14(21)16-18-10-19-20-16/h4-6,10,12,14H,3,7-9H2,1-2H3,(H,18,19,20)/t12-,14+/m1/s1. The normalized spacial score (nSPS) is 21.7. The molecule has 7 heteroatoms. The van der Waals surface area contributed by atoms with Gasteiger partial charge < -0.3 is 9.47 Å². The molecule has 6 nitrogen and oxygen atoms in total. The fraction of sp³-hybridized carbons (Fsp3) is 0.500. The van der Waals surface area contributed by atoms with Crippen molar-refractivity contribution in [1.29, 1.82) is 0 Å². The number of benzene rings is 1. The van der Waals surface area contributed by atoms with Gasteiger partial charge in [-0.2, -0.15) is 5.10 Å². The molecule has 23 heavy (non-hydrogen) atoms. The zero-order valence-corrected chi connectivity index (χ0v) is 13.3. The topological polar surface area (TPSA) is 63.3 Å². The van der Waals surface area contributed by atoms with E-state index in [-0.39, 0.29) is 18.0 Å². The van der Waals surface area contributed by atoms with Crippen molar-refractivity contribution < 1.29 is 13.9 Å². The van der Waals surface area contributed by atoms with E-state index >= 15 is 0 Å². The number of H-pyrrole nitrogens is 1. The molecule has 2 atom stereocenters. The molecular formula is C16H21FN4O2. The average molecular weight is 320 g/mol. The van der Waals surface area contributed by atoms with Crippen LogP contribution in [0.4, 0.5) is 4.39 Å². The van der Waals surface area contributed by atoms with E-state index in [2.05, 4.69) is 20.1 Å². The number of aromatic amines is 1. The van der Waals surface area contributed by atoms with Gasteiger partial charge in [0.15, 0.2) is 11.6 Å². The van der Waals surface area contributed by atoms with E-state index in [1.165, 1.54) is 12.4 Å². The average Bonchev–Trinajstić information content (AvgIpc) is 3.19. The highest BCUT2D eigenvalue weighted by Gasteiger charge is 2.34. The summed E-state index contributed by atoms with van der Waals surface area (Å²) in [7, 11) is 1.71. The molecule has 1 aromatic carbocycles. The summed E-state index contributed by atoms with van der Waals surface area (Å²) >= 11 is 0. The molecule has 124 valence electrons. The summed E-state index contributed by atoms with van der Waals surface area (Å²) in [6, 6.07) is 5.20. The Kier molecular flexibility index (Phi) is 4.88. The summed E-state index contributed by atoms with van der Waals surface area (Å²) in [6.45, 7) is 3.68. The number of nitrogens with one attached hydrogen (secondary N) is 1. The molecule has 1 saturated heterocycles. The van der Waals surface area contributed by atoms with Crippen LogP contribution < -0.4 is 4.74 Å². The van der Waals surface area contributed by atoms with Gasteiger partial charge in [-0.3, -0.25) is 10.00 Å². The van der Waals surface area contributed by atoms with Gasteiger partial charge >= 0.3 is 0 Å². The fourth-order valence-corrected chi connectivity index (χ4v) is 3.02. The Hall–Kier alpha value is -1.99. The molecule has 0 bridgehead atoms. The lowest BCUT2D eigenvalue weighted by atomic mass is 10.1. The molecule has 1 N–H and O–H groups in total. The largest absolute Gasteiger partial charge is 0.491 e. The van der Waals surface area contributed by atoms with E-state index in [1.807, 2.05) is 13.0 Å². The highest BCUT2D eigenvalue weighted by Crippen LogP contribution is 2.33. The van der Waals surface area contributed by atoms with Crippen LogP contribution in [-0.2, 0) is 11.3 Å². The number of methoxy groups -OCH3 is 1. The van der Waals surface area contributed by atoms with Crippen LogP contribution in [0.25, 0.3) is 0 Å². The predicted octanol–water partition coefficient (Wildman–Crippen LogP) is 2.30. The number of hydrogen-bond acceptors (Lipinski definition) is 5. The van der Waals surface area contributed by atoms with Crippen molar-refractivity contribution in [2.45, 2.75) is 32.0 Å². The van der Waals surface area contributed by atoms with E-state index < -0.39 is 0 Å². The Labute approximate surface area is 134 Å². The first-order valence-corrected chi connectivity index (χ1v) is 7.74. The lowest BCUT2D eigenvalue weighted by Gasteiger charge is -2.22. The van der Waals surface area contributed by atoms with E-state index in [1.54, 1.807) is 13.2 Å². The van der Waals surface area contributed by atoms with Crippen LogP contribution >= 0.6 is 0 Å². The summed E-state index contributed by atoms with van der Waals surface area (Å²) in [6.07, 6.45) is 2.48. The van der Waals surface area contributed by atoms with Gasteiger partial charge in [0.1, 0.15) is 12.2 Å². The van der Waals surface area contributed by atoms with Crippen LogP contribution in [-0.4, -0.2) is 46.4 Å². The summed E-state index contributed by atoms with van der Waals surface area (Å²) in [5.41, 5.74) is 0.896. The van der Waals surface area contributed by atoms with Gasteiger partial charge in [-0.15, -0.1) is 0 Å². The maximum atomic E-state index is 14.0. The highest BCUT2D eigenvalue weighted by atomic mass is 19.1. The minimum Gasteiger partial charge on any atom is -0.491 e. The maximum absolute atomic E-state index is 14.0. The second kappa shape index (κ2) is 7.06. The molecule has 0 radical (unpaired) electrons. The van der Waals surface area contributed by atoms with E-state index in [0.717, 1.165) is 24.4 Å². The van der Waals surface area contributed by atoms with Crippen molar-refractivity contribution in [2.75, 3.05) is 20.3 Å². The minimum absolute atomic E-state index is 0.0945. The summed E-state index contributed by atoms with van der Waals surface area (Å²) < 4.78 is 24.8. The molecule has 1 fully saturated rings. The first-order valence-electron chi connectivity index (χ1n) is 7.74. The number of rotatable bonds is 6. The van der Waals surface area contributed by atoms with Crippen LogP contribution in [0.5, 0.6) is 5.75 Å². The molecule has 0 unspecified atom stereocenters. The highest BCUT2D eigenvalue weighted by molar-refractivity contribution is 5.29.